The number of ether oxygens (including phenoxy) is 3. The van der Waals surface area contributed by atoms with E-state index in [1.54, 1.807) is 21.3 Å². The van der Waals surface area contributed by atoms with Crippen molar-refractivity contribution in [2.24, 2.45) is 0 Å². The van der Waals surface area contributed by atoms with E-state index in [1.165, 1.54) is 0 Å². The summed E-state index contributed by atoms with van der Waals surface area (Å²) in [4.78, 5) is 0. The molecule has 0 aromatic carbocycles. The normalized spacial score (nSPS) is 11.2. The molecule has 16 heavy (non-hydrogen) atoms. The van der Waals surface area contributed by atoms with E-state index in [0.29, 0.717) is 39.6 Å². The van der Waals surface area contributed by atoms with Crippen molar-refractivity contribution in [3.63, 3.8) is 0 Å². The van der Waals surface area contributed by atoms with Crippen molar-refractivity contribution >= 4 is 15.7 Å². The summed E-state index contributed by atoms with van der Waals surface area (Å²) >= 11 is -2.14. The van der Waals surface area contributed by atoms with Crippen LogP contribution in [0.5, 0.6) is 0 Å². The van der Waals surface area contributed by atoms with Gasteiger partial charge in [0, 0.05) is 0 Å². The zero-order valence-corrected chi connectivity index (χ0v) is 12.0. The van der Waals surface area contributed by atoms with E-state index in [1.807, 2.05) is 0 Å². The molecule has 0 aromatic rings. The van der Waals surface area contributed by atoms with Crippen molar-refractivity contribution in [2.75, 3.05) is 61.0 Å². The molecule has 0 aliphatic carbocycles. The molecule has 0 radical (unpaired) electrons. The Kier molecular flexibility index (Phi) is 13.7. The Morgan fingerprint density at radius 2 is 0.875 bits per heavy atom. The quantitative estimate of drug-likeness (QED) is 0.372. The van der Waals surface area contributed by atoms with Gasteiger partial charge in [-0.2, -0.15) is 0 Å². The molecule has 0 fully saturated rings. The van der Waals surface area contributed by atoms with Gasteiger partial charge in [-0.1, -0.05) is 0 Å². The first-order valence-electron chi connectivity index (χ1n) is 5.00. The first kappa shape index (κ1) is 16.3. The van der Waals surface area contributed by atoms with E-state index < -0.39 is 15.7 Å². The molecule has 0 aliphatic rings. The molecule has 0 aliphatic heterocycles. The molecule has 7 heteroatoms. The van der Waals surface area contributed by atoms with Crippen LogP contribution in [-0.2, 0) is 25.4 Å². The van der Waals surface area contributed by atoms with Gasteiger partial charge in [0.25, 0.3) is 0 Å². The van der Waals surface area contributed by atoms with Crippen molar-refractivity contribution in [1.82, 2.24) is 0 Å². The molecule has 0 bridgehead atoms. The van der Waals surface area contributed by atoms with Crippen molar-refractivity contribution in [1.29, 1.82) is 0 Å². The second-order valence-corrected chi connectivity index (χ2v) is 5.27. The third-order valence-electron chi connectivity index (χ3n) is 1.45. The molecule has 0 spiro atoms. The van der Waals surface area contributed by atoms with Crippen LogP contribution in [0.2, 0.25) is 0 Å². The van der Waals surface area contributed by atoms with E-state index in [-0.39, 0.29) is 0 Å². The average Bonchev–Trinajstić information content (AvgIpc) is 2.29. The maximum absolute atomic E-state index is 5.44. The third kappa shape index (κ3) is 10.8. The summed E-state index contributed by atoms with van der Waals surface area (Å²) in [5.74, 6) is 0. The number of hydrogen-bond acceptors (Lipinski definition) is 6. The SMILES string of the molecule is COCCO[As](OCCOC)OCCOC. The zero-order valence-electron chi connectivity index (χ0n) is 10.1. The van der Waals surface area contributed by atoms with Gasteiger partial charge in [-0.25, -0.2) is 0 Å². The Balaban J connectivity index is 3.58. The summed E-state index contributed by atoms with van der Waals surface area (Å²) in [6.07, 6.45) is 0. The molecule has 0 saturated heterocycles. The summed E-state index contributed by atoms with van der Waals surface area (Å²) in [7, 11) is 4.87. The van der Waals surface area contributed by atoms with Crippen molar-refractivity contribution in [3.8, 4) is 0 Å². The molecule has 98 valence electrons. The van der Waals surface area contributed by atoms with Gasteiger partial charge < -0.3 is 0 Å². The molecule has 0 saturated carbocycles. The monoisotopic (exact) mass is 300 g/mol. The Morgan fingerprint density at radius 3 is 1.12 bits per heavy atom. The molecule has 0 atom stereocenters. The van der Waals surface area contributed by atoms with Crippen molar-refractivity contribution in [2.45, 2.75) is 0 Å². The number of methoxy groups -OCH3 is 3. The summed E-state index contributed by atoms with van der Waals surface area (Å²) in [6.45, 7) is 3.05. The first-order chi connectivity index (χ1) is 7.85. The van der Waals surface area contributed by atoms with Crippen LogP contribution in [0.15, 0.2) is 0 Å². The zero-order chi connectivity index (χ0) is 12.1. The van der Waals surface area contributed by atoms with Crippen LogP contribution in [0.3, 0.4) is 0 Å². The van der Waals surface area contributed by atoms with Crippen LogP contribution >= 0.6 is 0 Å². The van der Waals surface area contributed by atoms with Gasteiger partial charge in [0.05, 0.1) is 0 Å². The minimum atomic E-state index is -2.14. The molecular formula is C9H21AsO6. The molecule has 0 unspecified atom stereocenters. The summed E-state index contributed by atoms with van der Waals surface area (Å²) in [5, 5.41) is 0. The van der Waals surface area contributed by atoms with Crippen LogP contribution < -0.4 is 0 Å². The second-order valence-electron chi connectivity index (χ2n) is 2.70. The van der Waals surface area contributed by atoms with Crippen molar-refractivity contribution in [3.05, 3.63) is 0 Å². The van der Waals surface area contributed by atoms with E-state index in [4.69, 9.17) is 25.4 Å². The molecule has 0 N–H and O–H groups in total. The molecule has 0 aromatic heterocycles. The van der Waals surface area contributed by atoms with Gasteiger partial charge in [0.1, 0.15) is 0 Å². The maximum atomic E-state index is 5.44. The summed E-state index contributed by atoms with van der Waals surface area (Å²) < 4.78 is 31.0. The first-order valence-corrected chi connectivity index (χ1v) is 7.30. The van der Waals surface area contributed by atoms with Crippen LogP contribution in [0.4, 0.5) is 0 Å². The predicted molar refractivity (Wildman–Crippen MR) is 59.2 cm³/mol. The molecular weight excluding hydrogens is 279 g/mol. The predicted octanol–water partition coefficient (Wildman–Crippen LogP) is -0.0397. The molecule has 0 heterocycles. The van der Waals surface area contributed by atoms with Crippen LogP contribution in [0.1, 0.15) is 0 Å². The standard InChI is InChI=1S/C9H21AsO6/c1-11-4-7-14-10(15-8-5-12-2)16-9-6-13-3/h4-9H2,1-3H3. The van der Waals surface area contributed by atoms with Crippen molar-refractivity contribution < 1.29 is 25.4 Å². The van der Waals surface area contributed by atoms with Gasteiger partial charge in [-0.15, -0.1) is 0 Å². The number of hydrogen-bond donors (Lipinski definition) is 0. The number of rotatable bonds is 12. The molecule has 6 nitrogen and oxygen atoms in total. The van der Waals surface area contributed by atoms with Gasteiger partial charge >= 0.3 is 102 Å². The fourth-order valence-electron chi connectivity index (χ4n) is 0.697. The Hall–Kier alpha value is 0.318. The summed E-state index contributed by atoms with van der Waals surface area (Å²) in [5.41, 5.74) is 0. The fraction of sp³-hybridized carbons (Fsp3) is 1.00. The molecule has 0 rings (SSSR count). The van der Waals surface area contributed by atoms with Crippen LogP contribution in [0, 0.1) is 0 Å². The average molecular weight is 300 g/mol. The topological polar surface area (TPSA) is 55.4 Å². The third-order valence-corrected chi connectivity index (χ3v) is 3.93. The van der Waals surface area contributed by atoms with Gasteiger partial charge in [0.15, 0.2) is 0 Å². The van der Waals surface area contributed by atoms with E-state index >= 15 is 0 Å². The Labute approximate surface area is 102 Å². The van der Waals surface area contributed by atoms with Gasteiger partial charge in [-0.3, -0.25) is 0 Å². The Morgan fingerprint density at radius 1 is 0.562 bits per heavy atom. The van der Waals surface area contributed by atoms with E-state index in [2.05, 4.69) is 0 Å². The van der Waals surface area contributed by atoms with Crippen LogP contribution in [0.25, 0.3) is 0 Å². The van der Waals surface area contributed by atoms with Gasteiger partial charge in [0.2, 0.25) is 0 Å². The molecule has 0 amide bonds. The fourth-order valence-corrected chi connectivity index (χ4v) is 2.57. The van der Waals surface area contributed by atoms with Gasteiger partial charge in [-0.05, 0) is 0 Å². The minimum absolute atomic E-state index is 0.483. The Bertz CT molecular complexity index is 113. The second kappa shape index (κ2) is 13.4. The summed E-state index contributed by atoms with van der Waals surface area (Å²) in [6, 6.07) is 0. The van der Waals surface area contributed by atoms with E-state index in [9.17, 15) is 0 Å². The van der Waals surface area contributed by atoms with Crippen LogP contribution in [-0.4, -0.2) is 76.6 Å². The van der Waals surface area contributed by atoms with E-state index in [0.717, 1.165) is 0 Å².